The molecule has 4 nitrogen and oxygen atoms in total. The molecule has 0 aliphatic heterocycles. The molecule has 0 saturated carbocycles. The largest absolute Gasteiger partial charge is 0.377 e. The summed E-state index contributed by atoms with van der Waals surface area (Å²) in [5.74, 6) is 0. The fourth-order valence-electron chi connectivity index (χ4n) is 1.85. The van der Waals surface area contributed by atoms with Gasteiger partial charge in [-0.05, 0) is 32.4 Å². The minimum Gasteiger partial charge on any atom is -0.377 e. The number of rotatable bonds is 4. The molecule has 0 spiro atoms. The highest BCUT2D eigenvalue weighted by Gasteiger charge is 2.08. The fraction of sp³-hybridized carbons (Fsp3) is 0.385. The van der Waals surface area contributed by atoms with Gasteiger partial charge in [0.2, 0.25) is 0 Å². The number of imidazole rings is 1. The molecule has 2 aromatic rings. The first-order valence-corrected chi connectivity index (χ1v) is 6.33. The number of nitrogens with one attached hydrogen (secondary N) is 1. The van der Waals surface area contributed by atoms with Gasteiger partial charge in [0, 0.05) is 18.4 Å². The molecule has 0 atom stereocenters. The van der Waals surface area contributed by atoms with Crippen molar-refractivity contribution in [3.8, 4) is 0 Å². The number of anilines is 1. The first-order valence-electron chi connectivity index (χ1n) is 5.95. The van der Waals surface area contributed by atoms with Gasteiger partial charge in [-0.2, -0.15) is 0 Å². The maximum absolute atomic E-state index is 6.08. The number of hydrogen-bond donors (Lipinski definition) is 1. The van der Waals surface area contributed by atoms with Crippen molar-refractivity contribution in [2.75, 3.05) is 5.32 Å². The van der Waals surface area contributed by atoms with Gasteiger partial charge >= 0.3 is 0 Å². The van der Waals surface area contributed by atoms with Crippen LogP contribution in [0.3, 0.4) is 0 Å². The van der Waals surface area contributed by atoms with Crippen LogP contribution in [0, 0.1) is 6.92 Å². The highest BCUT2D eigenvalue weighted by atomic mass is 35.5. The van der Waals surface area contributed by atoms with Crippen LogP contribution in [0.4, 0.5) is 5.69 Å². The minimum absolute atomic E-state index is 0.398. The zero-order valence-electron chi connectivity index (χ0n) is 10.8. The molecular formula is C13H17ClN4. The zero-order valence-corrected chi connectivity index (χ0v) is 11.6. The van der Waals surface area contributed by atoms with E-state index in [0.29, 0.717) is 17.7 Å². The van der Waals surface area contributed by atoms with Gasteiger partial charge in [0.1, 0.15) is 0 Å². The second kappa shape index (κ2) is 5.40. The summed E-state index contributed by atoms with van der Waals surface area (Å²) >= 11 is 6.08. The minimum atomic E-state index is 0.398. The normalized spacial score (nSPS) is 10.9. The topological polar surface area (TPSA) is 42.7 Å². The van der Waals surface area contributed by atoms with E-state index >= 15 is 0 Å². The molecular weight excluding hydrogens is 248 g/mol. The molecule has 0 radical (unpaired) electrons. The van der Waals surface area contributed by atoms with E-state index in [0.717, 1.165) is 16.9 Å². The van der Waals surface area contributed by atoms with Crippen LogP contribution in [0.25, 0.3) is 0 Å². The van der Waals surface area contributed by atoms with Crippen molar-refractivity contribution in [2.24, 2.45) is 0 Å². The van der Waals surface area contributed by atoms with E-state index in [2.05, 4.69) is 33.7 Å². The summed E-state index contributed by atoms with van der Waals surface area (Å²) in [6.07, 6.45) is 5.42. The average molecular weight is 265 g/mol. The Bertz CT molecular complexity index is 513. The number of hydrogen-bond acceptors (Lipinski definition) is 3. The lowest BCUT2D eigenvalue weighted by Crippen LogP contribution is -2.09. The number of halogens is 1. The summed E-state index contributed by atoms with van der Waals surface area (Å²) in [6, 6.07) is 2.34. The number of aryl methyl sites for hydroxylation is 1. The molecule has 18 heavy (non-hydrogen) atoms. The Morgan fingerprint density at radius 2 is 2.22 bits per heavy atom. The van der Waals surface area contributed by atoms with Gasteiger partial charge < -0.3 is 9.88 Å². The molecule has 0 aromatic carbocycles. The molecule has 0 unspecified atom stereocenters. The summed E-state index contributed by atoms with van der Waals surface area (Å²) in [6.45, 7) is 6.96. The zero-order chi connectivity index (χ0) is 13.1. The Morgan fingerprint density at radius 3 is 2.89 bits per heavy atom. The fourth-order valence-corrected chi connectivity index (χ4v) is 2.12. The van der Waals surface area contributed by atoms with Crippen LogP contribution in [0.1, 0.15) is 31.1 Å². The first kappa shape index (κ1) is 12.9. The van der Waals surface area contributed by atoms with Crippen molar-refractivity contribution in [3.05, 3.63) is 41.2 Å². The quantitative estimate of drug-likeness (QED) is 0.861. The Kier molecular flexibility index (Phi) is 3.87. The van der Waals surface area contributed by atoms with Gasteiger partial charge in [-0.1, -0.05) is 11.6 Å². The second-order valence-electron chi connectivity index (χ2n) is 4.53. The molecule has 0 aliphatic carbocycles. The second-order valence-corrected chi connectivity index (χ2v) is 4.89. The molecule has 0 aliphatic rings. The third kappa shape index (κ3) is 2.64. The standard InChI is InChI=1S/C13H17ClN4/c1-9(2)18-8-15-6-11(18)7-17-12-10(3)4-5-16-13(12)14/h4-6,8-9,17H,7H2,1-3H3. The Balaban J connectivity index is 2.14. The van der Waals surface area contributed by atoms with E-state index in [4.69, 9.17) is 11.6 Å². The van der Waals surface area contributed by atoms with Crippen molar-refractivity contribution in [1.82, 2.24) is 14.5 Å². The van der Waals surface area contributed by atoms with E-state index in [9.17, 15) is 0 Å². The van der Waals surface area contributed by atoms with Crippen LogP contribution in [0.5, 0.6) is 0 Å². The van der Waals surface area contributed by atoms with E-state index < -0.39 is 0 Å². The van der Waals surface area contributed by atoms with Crippen LogP contribution >= 0.6 is 11.6 Å². The maximum atomic E-state index is 6.08. The first-order chi connectivity index (χ1) is 8.59. The molecule has 2 rings (SSSR count). The van der Waals surface area contributed by atoms with Crippen molar-refractivity contribution in [1.29, 1.82) is 0 Å². The Morgan fingerprint density at radius 1 is 1.44 bits per heavy atom. The molecule has 96 valence electrons. The van der Waals surface area contributed by atoms with Gasteiger partial charge in [0.05, 0.1) is 24.3 Å². The van der Waals surface area contributed by atoms with Crippen molar-refractivity contribution < 1.29 is 0 Å². The maximum Gasteiger partial charge on any atom is 0.152 e. The van der Waals surface area contributed by atoms with Crippen LogP contribution in [0.15, 0.2) is 24.8 Å². The molecule has 0 fully saturated rings. The molecule has 2 aromatic heterocycles. The molecule has 0 amide bonds. The van der Waals surface area contributed by atoms with Crippen molar-refractivity contribution >= 4 is 17.3 Å². The van der Waals surface area contributed by atoms with Gasteiger partial charge in [-0.15, -0.1) is 0 Å². The lowest BCUT2D eigenvalue weighted by atomic mass is 10.2. The smallest absolute Gasteiger partial charge is 0.152 e. The molecule has 5 heteroatoms. The summed E-state index contributed by atoms with van der Waals surface area (Å²) < 4.78 is 2.13. The SMILES string of the molecule is Cc1ccnc(Cl)c1NCc1cncn1C(C)C. The average Bonchev–Trinajstić information content (AvgIpc) is 2.76. The summed E-state index contributed by atoms with van der Waals surface area (Å²) in [5.41, 5.74) is 3.10. The lowest BCUT2D eigenvalue weighted by molar-refractivity contribution is 0.577. The van der Waals surface area contributed by atoms with Crippen molar-refractivity contribution in [3.63, 3.8) is 0 Å². The third-order valence-electron chi connectivity index (χ3n) is 2.86. The molecule has 2 heterocycles. The third-order valence-corrected chi connectivity index (χ3v) is 3.15. The molecule has 0 bridgehead atoms. The van der Waals surface area contributed by atoms with Gasteiger partial charge in [-0.25, -0.2) is 9.97 Å². The van der Waals surface area contributed by atoms with E-state index in [1.165, 1.54) is 0 Å². The van der Waals surface area contributed by atoms with E-state index in [-0.39, 0.29) is 0 Å². The summed E-state index contributed by atoms with van der Waals surface area (Å²) in [4.78, 5) is 8.25. The number of nitrogens with zero attached hydrogens (tertiary/aromatic N) is 3. The van der Waals surface area contributed by atoms with Crippen LogP contribution in [-0.4, -0.2) is 14.5 Å². The molecule has 1 N–H and O–H groups in total. The van der Waals surface area contributed by atoms with Crippen LogP contribution in [0.2, 0.25) is 5.15 Å². The molecule has 0 saturated heterocycles. The summed E-state index contributed by atoms with van der Waals surface area (Å²) in [7, 11) is 0. The number of pyridine rings is 1. The predicted molar refractivity (Wildman–Crippen MR) is 73.9 cm³/mol. The predicted octanol–water partition coefficient (Wildman–Crippen LogP) is 3.43. The van der Waals surface area contributed by atoms with Gasteiger partial charge in [0.25, 0.3) is 0 Å². The highest BCUT2D eigenvalue weighted by molar-refractivity contribution is 6.32. The van der Waals surface area contributed by atoms with Crippen LogP contribution < -0.4 is 5.32 Å². The van der Waals surface area contributed by atoms with Crippen LogP contribution in [-0.2, 0) is 6.54 Å². The van der Waals surface area contributed by atoms with Gasteiger partial charge in [0.15, 0.2) is 5.15 Å². The monoisotopic (exact) mass is 264 g/mol. The lowest BCUT2D eigenvalue weighted by Gasteiger charge is -2.14. The highest BCUT2D eigenvalue weighted by Crippen LogP contribution is 2.23. The Hall–Kier alpha value is -1.55. The Labute approximate surface area is 112 Å². The number of aromatic nitrogens is 3. The summed E-state index contributed by atoms with van der Waals surface area (Å²) in [5, 5.41) is 3.83. The van der Waals surface area contributed by atoms with E-state index in [1.54, 1.807) is 6.20 Å². The van der Waals surface area contributed by atoms with Crippen molar-refractivity contribution in [2.45, 2.75) is 33.4 Å². The van der Waals surface area contributed by atoms with Gasteiger partial charge in [-0.3, -0.25) is 0 Å². The van der Waals surface area contributed by atoms with E-state index in [1.807, 2.05) is 25.5 Å².